The number of anilines is 1. The van der Waals surface area contributed by atoms with Crippen LogP contribution < -0.4 is 5.32 Å². The molecule has 1 aliphatic heterocycles. The van der Waals surface area contributed by atoms with Crippen molar-refractivity contribution in [3.8, 4) is 11.4 Å². The summed E-state index contributed by atoms with van der Waals surface area (Å²) in [7, 11) is -3.20. The minimum absolute atomic E-state index is 0.126. The van der Waals surface area contributed by atoms with Gasteiger partial charge in [0, 0.05) is 36.0 Å². The lowest BCUT2D eigenvalue weighted by Crippen LogP contribution is -2.40. The number of fused-ring (bicyclic) bond motifs is 1. The molecule has 4 heterocycles. The molecule has 0 unspecified atom stereocenters. The average Bonchev–Trinajstić information content (AvgIpc) is 3.30. The van der Waals surface area contributed by atoms with Gasteiger partial charge in [-0.3, -0.25) is 4.79 Å². The fourth-order valence-corrected chi connectivity index (χ4v) is 4.75. The van der Waals surface area contributed by atoms with Gasteiger partial charge in [0.25, 0.3) is 0 Å². The van der Waals surface area contributed by atoms with Crippen molar-refractivity contribution in [1.82, 2.24) is 24.2 Å². The molecule has 1 fully saturated rings. The molecule has 142 valence electrons. The predicted octanol–water partition coefficient (Wildman–Crippen LogP) is 1.69. The van der Waals surface area contributed by atoms with E-state index in [1.807, 2.05) is 11.4 Å². The summed E-state index contributed by atoms with van der Waals surface area (Å²) >= 11 is 1.33. The van der Waals surface area contributed by atoms with Crippen LogP contribution in [-0.2, 0) is 14.8 Å². The fourth-order valence-electron chi connectivity index (χ4n) is 3.17. The minimum Gasteiger partial charge on any atom is -0.346 e. The Hall–Kier alpha value is -2.37. The molecular formula is C16H18N6O3S2. The largest absolute Gasteiger partial charge is 0.346 e. The Morgan fingerprint density at radius 3 is 2.85 bits per heavy atom. The summed E-state index contributed by atoms with van der Waals surface area (Å²) in [6.45, 7) is 0.735. The molecule has 0 aromatic carbocycles. The Kier molecular flexibility index (Phi) is 4.66. The van der Waals surface area contributed by atoms with E-state index in [1.165, 1.54) is 28.2 Å². The van der Waals surface area contributed by atoms with Crippen LogP contribution in [0, 0.1) is 5.92 Å². The lowest BCUT2D eigenvalue weighted by molar-refractivity contribution is -0.120. The summed E-state index contributed by atoms with van der Waals surface area (Å²) in [5.41, 5.74) is 2.12. The zero-order valence-corrected chi connectivity index (χ0v) is 16.2. The van der Waals surface area contributed by atoms with Gasteiger partial charge in [-0.1, -0.05) is 0 Å². The summed E-state index contributed by atoms with van der Waals surface area (Å²) in [5, 5.41) is 6.06. The smallest absolute Gasteiger partial charge is 0.229 e. The highest BCUT2D eigenvalue weighted by Gasteiger charge is 2.29. The molecule has 1 saturated heterocycles. The Balaban J connectivity index is 1.44. The van der Waals surface area contributed by atoms with Crippen molar-refractivity contribution in [3.05, 3.63) is 24.0 Å². The highest BCUT2D eigenvalue weighted by atomic mass is 32.2. The molecule has 0 aliphatic carbocycles. The van der Waals surface area contributed by atoms with Crippen molar-refractivity contribution in [2.75, 3.05) is 24.7 Å². The highest BCUT2D eigenvalue weighted by molar-refractivity contribution is 7.88. The summed E-state index contributed by atoms with van der Waals surface area (Å²) in [5.74, 6) is -0.343. The average molecular weight is 406 g/mol. The summed E-state index contributed by atoms with van der Waals surface area (Å²) < 4.78 is 24.6. The number of carbonyl (C=O) groups excluding carboxylic acids is 1. The van der Waals surface area contributed by atoms with E-state index in [1.54, 1.807) is 6.20 Å². The molecule has 3 aromatic heterocycles. The monoisotopic (exact) mass is 406 g/mol. The van der Waals surface area contributed by atoms with Gasteiger partial charge in [-0.15, -0.1) is 11.3 Å². The zero-order chi connectivity index (χ0) is 19.0. The molecule has 1 aliphatic rings. The third-order valence-corrected chi connectivity index (χ3v) is 6.69. The Bertz CT molecular complexity index is 1080. The standard InChI is InChI=1S/C16H18N6O3S2/c1-27(24,25)22-6-3-10(4-7-22)15(23)21-16-20-12(8-26-16)13-11-2-5-17-14(11)19-9-18-13/h2,5,8-10H,3-4,6-7H2,1H3,(H,17,18,19)(H,20,21,23). The third kappa shape index (κ3) is 3.70. The van der Waals surface area contributed by atoms with E-state index in [0.717, 1.165) is 11.0 Å². The van der Waals surface area contributed by atoms with Gasteiger partial charge in [-0.2, -0.15) is 0 Å². The minimum atomic E-state index is -3.20. The topological polar surface area (TPSA) is 121 Å². The van der Waals surface area contributed by atoms with Gasteiger partial charge >= 0.3 is 0 Å². The predicted molar refractivity (Wildman–Crippen MR) is 103 cm³/mol. The quantitative estimate of drug-likeness (QED) is 0.680. The lowest BCUT2D eigenvalue weighted by atomic mass is 9.97. The molecule has 2 N–H and O–H groups in total. The fraction of sp³-hybridized carbons (Fsp3) is 0.375. The van der Waals surface area contributed by atoms with Gasteiger partial charge < -0.3 is 10.3 Å². The molecule has 4 rings (SSSR count). The van der Waals surface area contributed by atoms with Crippen LogP contribution in [0.5, 0.6) is 0 Å². The number of rotatable bonds is 4. The lowest BCUT2D eigenvalue weighted by Gasteiger charge is -2.29. The molecular weight excluding hydrogens is 388 g/mol. The van der Waals surface area contributed by atoms with Gasteiger partial charge in [0.05, 0.1) is 6.26 Å². The number of aromatic amines is 1. The third-order valence-electron chi connectivity index (χ3n) is 4.62. The first kappa shape index (κ1) is 18.0. The van der Waals surface area contributed by atoms with Crippen LogP contribution in [0.1, 0.15) is 12.8 Å². The SMILES string of the molecule is CS(=O)(=O)N1CCC(C(=O)Nc2nc(-c3ncnc4[nH]ccc34)cs2)CC1. The van der Waals surface area contributed by atoms with Gasteiger partial charge in [-0.05, 0) is 18.9 Å². The maximum Gasteiger partial charge on any atom is 0.229 e. The van der Waals surface area contributed by atoms with Crippen molar-refractivity contribution >= 4 is 43.4 Å². The van der Waals surface area contributed by atoms with Crippen molar-refractivity contribution in [3.63, 3.8) is 0 Å². The maximum absolute atomic E-state index is 12.5. The second-order valence-corrected chi connectivity index (χ2v) is 9.27. The number of nitrogens with zero attached hydrogens (tertiary/aromatic N) is 4. The summed E-state index contributed by atoms with van der Waals surface area (Å²) in [4.78, 5) is 28.5. The Morgan fingerprint density at radius 1 is 1.33 bits per heavy atom. The Morgan fingerprint density at radius 2 is 2.11 bits per heavy atom. The van der Waals surface area contributed by atoms with Gasteiger partial charge in [0.15, 0.2) is 5.13 Å². The molecule has 1 amide bonds. The molecule has 0 atom stereocenters. The number of hydrogen-bond acceptors (Lipinski definition) is 7. The van der Waals surface area contributed by atoms with Crippen LogP contribution in [0.15, 0.2) is 24.0 Å². The van der Waals surface area contributed by atoms with Crippen LogP contribution in [0.3, 0.4) is 0 Å². The first-order chi connectivity index (χ1) is 12.9. The van der Waals surface area contributed by atoms with E-state index in [-0.39, 0.29) is 11.8 Å². The van der Waals surface area contributed by atoms with Crippen LogP contribution >= 0.6 is 11.3 Å². The number of amides is 1. The number of nitrogens with one attached hydrogen (secondary N) is 2. The number of sulfonamides is 1. The van der Waals surface area contributed by atoms with Crippen molar-refractivity contribution in [2.24, 2.45) is 5.92 Å². The van der Waals surface area contributed by atoms with Crippen LogP contribution in [0.25, 0.3) is 22.4 Å². The van der Waals surface area contributed by atoms with Crippen molar-refractivity contribution in [1.29, 1.82) is 0 Å². The number of carbonyl (C=O) groups is 1. The summed E-state index contributed by atoms with van der Waals surface area (Å²) in [6, 6.07) is 1.89. The van der Waals surface area contributed by atoms with Gasteiger partial charge in [0.1, 0.15) is 23.4 Å². The second-order valence-electron chi connectivity index (χ2n) is 6.43. The Labute approximate surface area is 159 Å². The second kappa shape index (κ2) is 6.98. The molecule has 3 aromatic rings. The molecule has 11 heteroatoms. The van der Waals surface area contributed by atoms with Crippen molar-refractivity contribution < 1.29 is 13.2 Å². The van der Waals surface area contributed by atoms with E-state index in [9.17, 15) is 13.2 Å². The molecule has 9 nitrogen and oxygen atoms in total. The molecule has 0 spiro atoms. The maximum atomic E-state index is 12.5. The van der Waals surface area contributed by atoms with Crippen molar-refractivity contribution in [2.45, 2.75) is 12.8 Å². The molecule has 27 heavy (non-hydrogen) atoms. The van der Waals surface area contributed by atoms with E-state index < -0.39 is 10.0 Å². The first-order valence-electron chi connectivity index (χ1n) is 8.42. The van der Waals surface area contributed by atoms with E-state index in [4.69, 9.17) is 0 Å². The number of H-pyrrole nitrogens is 1. The number of thiazole rings is 1. The van der Waals surface area contributed by atoms with Crippen LogP contribution in [0.4, 0.5) is 5.13 Å². The zero-order valence-electron chi connectivity index (χ0n) is 14.5. The normalized spacial score (nSPS) is 16.6. The number of piperidine rings is 1. The molecule has 0 radical (unpaired) electrons. The summed E-state index contributed by atoms with van der Waals surface area (Å²) in [6.07, 6.45) is 5.47. The van der Waals surface area contributed by atoms with Crippen LogP contribution in [-0.4, -0.2) is 57.9 Å². The number of hydrogen-bond donors (Lipinski definition) is 2. The van der Waals surface area contributed by atoms with E-state index in [2.05, 4.69) is 25.3 Å². The van der Waals surface area contributed by atoms with Crippen LogP contribution in [0.2, 0.25) is 0 Å². The molecule has 0 bridgehead atoms. The number of aromatic nitrogens is 4. The molecule has 0 saturated carbocycles. The van der Waals surface area contributed by atoms with Gasteiger partial charge in [-0.25, -0.2) is 27.7 Å². The van der Waals surface area contributed by atoms with E-state index >= 15 is 0 Å². The van der Waals surface area contributed by atoms with Gasteiger partial charge in [0.2, 0.25) is 15.9 Å². The highest BCUT2D eigenvalue weighted by Crippen LogP contribution is 2.29. The van der Waals surface area contributed by atoms with E-state index in [0.29, 0.717) is 42.5 Å². The first-order valence-corrected chi connectivity index (χ1v) is 11.1.